The van der Waals surface area contributed by atoms with Crippen molar-refractivity contribution in [3.63, 3.8) is 0 Å². The fourth-order valence-corrected chi connectivity index (χ4v) is 1.18. The zero-order valence-corrected chi connectivity index (χ0v) is 7.10. The molecule has 0 N–H and O–H groups in total. The Morgan fingerprint density at radius 2 is 1.14 bits per heavy atom. The standard InChI is InChI=1S/C10H4N4/c11-3-7-1-8(4-12)10(6-14)2-9(7)5-13/h1-2,7,9H/t7-,9?/m1/s1. The van der Waals surface area contributed by atoms with Crippen LogP contribution in [0.1, 0.15) is 0 Å². The van der Waals surface area contributed by atoms with Gasteiger partial charge in [-0.2, -0.15) is 21.0 Å². The van der Waals surface area contributed by atoms with Gasteiger partial charge in [-0.1, -0.05) is 0 Å². The summed E-state index contributed by atoms with van der Waals surface area (Å²) < 4.78 is 0. The Balaban J connectivity index is 3.19. The Morgan fingerprint density at radius 1 is 0.786 bits per heavy atom. The highest BCUT2D eigenvalue weighted by atomic mass is 14.4. The molecule has 0 heterocycles. The molecule has 0 radical (unpaired) electrons. The second kappa shape index (κ2) is 3.90. The van der Waals surface area contributed by atoms with Gasteiger partial charge in [-0.05, 0) is 12.2 Å². The molecular formula is C10H4N4. The molecule has 4 heteroatoms. The van der Waals surface area contributed by atoms with Gasteiger partial charge in [0.25, 0.3) is 0 Å². The Labute approximate surface area is 81.2 Å². The van der Waals surface area contributed by atoms with Crippen molar-refractivity contribution in [2.24, 2.45) is 11.8 Å². The number of hydrogen-bond donors (Lipinski definition) is 0. The van der Waals surface area contributed by atoms with Gasteiger partial charge < -0.3 is 0 Å². The molecule has 0 fully saturated rings. The van der Waals surface area contributed by atoms with Gasteiger partial charge in [0.1, 0.15) is 12.1 Å². The monoisotopic (exact) mass is 180 g/mol. The molecule has 0 aromatic carbocycles. The van der Waals surface area contributed by atoms with Crippen LogP contribution in [-0.4, -0.2) is 0 Å². The SMILES string of the molecule is N#CC1=CC(C#N)[C@@H](C#N)C=C1C#N. The van der Waals surface area contributed by atoms with Gasteiger partial charge in [-0.3, -0.25) is 0 Å². The minimum atomic E-state index is -0.633. The molecule has 0 aromatic heterocycles. The topological polar surface area (TPSA) is 95.2 Å². The van der Waals surface area contributed by atoms with Crippen molar-refractivity contribution in [2.45, 2.75) is 0 Å². The van der Waals surface area contributed by atoms with Crippen molar-refractivity contribution in [1.29, 1.82) is 21.0 Å². The fourth-order valence-electron chi connectivity index (χ4n) is 1.18. The molecule has 0 saturated heterocycles. The van der Waals surface area contributed by atoms with Crippen LogP contribution in [0.5, 0.6) is 0 Å². The zero-order valence-electron chi connectivity index (χ0n) is 7.10. The summed E-state index contributed by atoms with van der Waals surface area (Å²) in [6.45, 7) is 0. The normalized spacial score (nSPS) is 24.3. The maximum atomic E-state index is 8.70. The first-order valence-corrected chi connectivity index (χ1v) is 3.80. The maximum Gasteiger partial charge on any atom is 0.100 e. The number of nitrogens with zero attached hydrogens (tertiary/aromatic N) is 4. The molecule has 0 aliphatic heterocycles. The predicted molar refractivity (Wildman–Crippen MR) is 45.6 cm³/mol. The lowest BCUT2D eigenvalue weighted by Gasteiger charge is -2.13. The van der Waals surface area contributed by atoms with Crippen molar-refractivity contribution in [3.8, 4) is 24.3 Å². The summed E-state index contributed by atoms with van der Waals surface area (Å²) in [5, 5.41) is 34.7. The first-order chi connectivity index (χ1) is 6.76. The molecule has 14 heavy (non-hydrogen) atoms. The Bertz CT molecular complexity index is 424. The molecule has 0 bridgehead atoms. The lowest BCUT2D eigenvalue weighted by Crippen LogP contribution is -2.12. The Morgan fingerprint density at radius 3 is 1.36 bits per heavy atom. The summed E-state index contributed by atoms with van der Waals surface area (Å²) in [4.78, 5) is 0. The van der Waals surface area contributed by atoms with E-state index in [9.17, 15) is 0 Å². The predicted octanol–water partition coefficient (Wildman–Crippen LogP) is 1.18. The highest BCUT2D eigenvalue weighted by molar-refractivity contribution is 5.54. The quantitative estimate of drug-likeness (QED) is 0.559. The molecule has 0 amide bonds. The summed E-state index contributed by atoms with van der Waals surface area (Å²) in [6.07, 6.45) is 2.74. The molecule has 64 valence electrons. The molecule has 0 spiro atoms. The van der Waals surface area contributed by atoms with Crippen LogP contribution in [0.25, 0.3) is 0 Å². The van der Waals surface area contributed by atoms with Crippen LogP contribution < -0.4 is 0 Å². The summed E-state index contributed by atoms with van der Waals surface area (Å²) in [5.74, 6) is -1.27. The molecule has 1 unspecified atom stereocenters. The van der Waals surface area contributed by atoms with Gasteiger partial charge in [0.2, 0.25) is 0 Å². The highest BCUT2D eigenvalue weighted by Gasteiger charge is 2.24. The molecule has 1 aliphatic carbocycles. The van der Waals surface area contributed by atoms with E-state index in [4.69, 9.17) is 21.0 Å². The Hall–Kier alpha value is -2.56. The summed E-state index contributed by atoms with van der Waals surface area (Å²) in [6, 6.07) is 7.47. The van der Waals surface area contributed by atoms with Crippen LogP contribution in [0.2, 0.25) is 0 Å². The van der Waals surface area contributed by atoms with Gasteiger partial charge in [0.15, 0.2) is 0 Å². The van der Waals surface area contributed by atoms with Gasteiger partial charge in [-0.25, -0.2) is 0 Å². The van der Waals surface area contributed by atoms with Crippen LogP contribution >= 0.6 is 0 Å². The largest absolute Gasteiger partial charge is 0.198 e. The third-order valence-electron chi connectivity index (χ3n) is 1.91. The average molecular weight is 180 g/mol. The van der Waals surface area contributed by atoms with Gasteiger partial charge in [0.05, 0.1) is 35.1 Å². The van der Waals surface area contributed by atoms with Crippen LogP contribution in [0.3, 0.4) is 0 Å². The molecule has 0 saturated carbocycles. The third-order valence-corrected chi connectivity index (χ3v) is 1.91. The minimum absolute atomic E-state index is 0.172. The average Bonchev–Trinajstić information content (AvgIpc) is 2.26. The van der Waals surface area contributed by atoms with E-state index in [1.54, 1.807) is 0 Å². The second-order valence-electron chi connectivity index (χ2n) is 2.69. The smallest absolute Gasteiger partial charge is 0.100 e. The van der Waals surface area contributed by atoms with E-state index < -0.39 is 11.8 Å². The lowest BCUT2D eigenvalue weighted by molar-refractivity contribution is 0.686. The molecule has 1 aliphatic rings. The van der Waals surface area contributed by atoms with Gasteiger partial charge in [0, 0.05) is 0 Å². The van der Waals surface area contributed by atoms with Gasteiger partial charge >= 0.3 is 0 Å². The van der Waals surface area contributed by atoms with E-state index in [2.05, 4.69) is 0 Å². The van der Waals surface area contributed by atoms with Crippen LogP contribution in [0, 0.1) is 57.2 Å². The van der Waals surface area contributed by atoms with Crippen molar-refractivity contribution in [1.82, 2.24) is 0 Å². The second-order valence-corrected chi connectivity index (χ2v) is 2.69. The van der Waals surface area contributed by atoms with E-state index in [0.29, 0.717) is 0 Å². The molecular weight excluding hydrogens is 176 g/mol. The summed E-state index contributed by atoms with van der Waals surface area (Å²) >= 11 is 0. The van der Waals surface area contributed by atoms with Crippen LogP contribution in [0.4, 0.5) is 0 Å². The summed E-state index contributed by atoms with van der Waals surface area (Å²) in [5.41, 5.74) is 0.344. The highest BCUT2D eigenvalue weighted by Crippen LogP contribution is 2.26. The van der Waals surface area contributed by atoms with Gasteiger partial charge in [-0.15, -0.1) is 0 Å². The van der Waals surface area contributed by atoms with Crippen LogP contribution in [0.15, 0.2) is 23.3 Å². The minimum Gasteiger partial charge on any atom is -0.198 e. The zero-order chi connectivity index (χ0) is 10.6. The van der Waals surface area contributed by atoms with E-state index in [1.807, 2.05) is 24.3 Å². The first kappa shape index (κ1) is 9.53. The lowest BCUT2D eigenvalue weighted by atomic mass is 9.84. The molecule has 1 rings (SSSR count). The van der Waals surface area contributed by atoms with Crippen molar-refractivity contribution in [2.75, 3.05) is 0 Å². The maximum absolute atomic E-state index is 8.70. The van der Waals surface area contributed by atoms with Crippen LogP contribution in [-0.2, 0) is 0 Å². The first-order valence-electron chi connectivity index (χ1n) is 3.80. The van der Waals surface area contributed by atoms with Crippen molar-refractivity contribution < 1.29 is 0 Å². The molecule has 4 nitrogen and oxygen atoms in total. The number of hydrogen-bond acceptors (Lipinski definition) is 4. The molecule has 2 atom stereocenters. The number of nitriles is 4. The van der Waals surface area contributed by atoms with E-state index >= 15 is 0 Å². The fraction of sp³-hybridized carbons (Fsp3) is 0.200. The van der Waals surface area contributed by atoms with E-state index in [1.165, 1.54) is 12.2 Å². The number of allylic oxidation sites excluding steroid dienone is 4. The third kappa shape index (κ3) is 1.46. The summed E-state index contributed by atoms with van der Waals surface area (Å²) in [7, 11) is 0. The Kier molecular flexibility index (Phi) is 2.66. The van der Waals surface area contributed by atoms with E-state index in [0.717, 1.165) is 0 Å². The number of rotatable bonds is 0. The van der Waals surface area contributed by atoms with Crippen molar-refractivity contribution >= 4 is 0 Å². The van der Waals surface area contributed by atoms with E-state index in [-0.39, 0.29) is 11.1 Å². The van der Waals surface area contributed by atoms with Crippen molar-refractivity contribution in [3.05, 3.63) is 23.3 Å². The molecule has 0 aromatic rings.